The lowest BCUT2D eigenvalue weighted by Crippen LogP contribution is -2.25. The van der Waals surface area contributed by atoms with Gasteiger partial charge in [-0.2, -0.15) is 4.98 Å². The van der Waals surface area contributed by atoms with Crippen LogP contribution < -0.4 is 10.6 Å². The highest BCUT2D eigenvalue weighted by Gasteiger charge is 2.20. The van der Waals surface area contributed by atoms with Gasteiger partial charge in [0.1, 0.15) is 5.82 Å². The van der Waals surface area contributed by atoms with Gasteiger partial charge in [-0.3, -0.25) is 0 Å². The molecule has 1 saturated carbocycles. The first-order chi connectivity index (χ1) is 9.19. The lowest BCUT2D eigenvalue weighted by Gasteiger charge is -2.26. The summed E-state index contributed by atoms with van der Waals surface area (Å²) < 4.78 is 0. The number of aliphatic hydroxyl groups excluding tert-OH is 1. The van der Waals surface area contributed by atoms with E-state index in [2.05, 4.69) is 20.6 Å². The maximum Gasteiger partial charge on any atom is 0.224 e. The monoisotopic (exact) mass is 264 g/mol. The quantitative estimate of drug-likeness (QED) is 0.760. The fourth-order valence-corrected chi connectivity index (χ4v) is 2.55. The van der Waals surface area contributed by atoms with Crippen LogP contribution in [0.5, 0.6) is 0 Å². The Morgan fingerprint density at radius 2 is 2.21 bits per heavy atom. The second-order valence-corrected chi connectivity index (χ2v) is 5.32. The smallest absolute Gasteiger partial charge is 0.224 e. The second kappa shape index (κ2) is 6.70. The van der Waals surface area contributed by atoms with Crippen molar-refractivity contribution in [3.63, 3.8) is 0 Å². The molecule has 1 aromatic heterocycles. The summed E-state index contributed by atoms with van der Waals surface area (Å²) in [5.74, 6) is 2.10. The first-order valence-corrected chi connectivity index (χ1v) is 7.18. The SMILES string of the molecule is CCNc1ncc(C)c(NCC2CCCC(O)C2)n1. The highest BCUT2D eigenvalue weighted by Crippen LogP contribution is 2.24. The third-order valence-electron chi connectivity index (χ3n) is 3.62. The molecule has 0 bridgehead atoms. The molecule has 0 aromatic carbocycles. The Hall–Kier alpha value is -1.36. The van der Waals surface area contributed by atoms with Crippen molar-refractivity contribution < 1.29 is 5.11 Å². The number of hydrogen-bond acceptors (Lipinski definition) is 5. The summed E-state index contributed by atoms with van der Waals surface area (Å²) in [6.45, 7) is 5.73. The number of nitrogens with one attached hydrogen (secondary N) is 2. The highest BCUT2D eigenvalue weighted by molar-refractivity contribution is 5.46. The summed E-state index contributed by atoms with van der Waals surface area (Å²) in [5, 5.41) is 16.2. The Balaban J connectivity index is 1.92. The predicted octanol–water partition coefficient (Wildman–Crippen LogP) is 2.18. The van der Waals surface area contributed by atoms with Gasteiger partial charge in [0.15, 0.2) is 0 Å². The van der Waals surface area contributed by atoms with Gasteiger partial charge < -0.3 is 15.7 Å². The molecule has 2 rings (SSSR count). The van der Waals surface area contributed by atoms with E-state index in [4.69, 9.17) is 0 Å². The van der Waals surface area contributed by atoms with Crippen molar-refractivity contribution in [2.75, 3.05) is 23.7 Å². The van der Waals surface area contributed by atoms with Crippen molar-refractivity contribution in [1.29, 1.82) is 0 Å². The molecule has 0 radical (unpaired) electrons. The molecule has 5 nitrogen and oxygen atoms in total. The van der Waals surface area contributed by atoms with Gasteiger partial charge in [-0.05, 0) is 39.0 Å². The molecule has 1 aromatic rings. The maximum atomic E-state index is 9.68. The number of anilines is 2. The number of rotatable bonds is 5. The first kappa shape index (κ1) is 14.1. The van der Waals surface area contributed by atoms with Gasteiger partial charge in [-0.25, -0.2) is 4.98 Å². The maximum absolute atomic E-state index is 9.68. The van der Waals surface area contributed by atoms with Crippen LogP contribution in [0.1, 0.15) is 38.2 Å². The molecule has 2 atom stereocenters. The average molecular weight is 264 g/mol. The zero-order chi connectivity index (χ0) is 13.7. The third-order valence-corrected chi connectivity index (χ3v) is 3.62. The van der Waals surface area contributed by atoms with E-state index >= 15 is 0 Å². The molecule has 1 aliphatic rings. The molecule has 1 fully saturated rings. The van der Waals surface area contributed by atoms with Crippen LogP contribution >= 0.6 is 0 Å². The predicted molar refractivity (Wildman–Crippen MR) is 77.4 cm³/mol. The molecular weight excluding hydrogens is 240 g/mol. The molecule has 0 saturated heterocycles. The summed E-state index contributed by atoms with van der Waals surface area (Å²) in [4.78, 5) is 8.70. The Morgan fingerprint density at radius 1 is 1.37 bits per heavy atom. The highest BCUT2D eigenvalue weighted by atomic mass is 16.3. The number of aromatic nitrogens is 2. The first-order valence-electron chi connectivity index (χ1n) is 7.18. The van der Waals surface area contributed by atoms with Crippen LogP contribution in [-0.4, -0.2) is 34.3 Å². The zero-order valence-electron chi connectivity index (χ0n) is 11.8. The molecular formula is C14H24N4O. The van der Waals surface area contributed by atoms with Crippen LogP contribution in [0.3, 0.4) is 0 Å². The lowest BCUT2D eigenvalue weighted by molar-refractivity contribution is 0.104. The van der Waals surface area contributed by atoms with Crippen molar-refractivity contribution in [2.24, 2.45) is 5.92 Å². The number of hydrogen-bond donors (Lipinski definition) is 3. The Bertz CT molecular complexity index is 410. The van der Waals surface area contributed by atoms with E-state index in [0.717, 1.165) is 43.7 Å². The number of aryl methyl sites for hydroxylation is 1. The van der Waals surface area contributed by atoms with E-state index < -0.39 is 0 Å². The Morgan fingerprint density at radius 3 is 2.95 bits per heavy atom. The van der Waals surface area contributed by atoms with Gasteiger partial charge in [0.25, 0.3) is 0 Å². The molecule has 3 N–H and O–H groups in total. The van der Waals surface area contributed by atoms with E-state index in [1.807, 2.05) is 20.0 Å². The largest absolute Gasteiger partial charge is 0.393 e. The summed E-state index contributed by atoms with van der Waals surface area (Å²) in [6, 6.07) is 0. The molecule has 0 spiro atoms. The second-order valence-electron chi connectivity index (χ2n) is 5.32. The number of aliphatic hydroxyl groups is 1. The van der Waals surface area contributed by atoms with Crippen molar-refractivity contribution >= 4 is 11.8 Å². The Kier molecular flexibility index (Phi) is 4.96. The van der Waals surface area contributed by atoms with E-state index in [1.54, 1.807) is 0 Å². The van der Waals surface area contributed by atoms with Crippen molar-refractivity contribution in [3.8, 4) is 0 Å². The van der Waals surface area contributed by atoms with Crippen LogP contribution in [0.25, 0.3) is 0 Å². The molecule has 2 unspecified atom stereocenters. The molecule has 1 heterocycles. The molecule has 0 amide bonds. The summed E-state index contributed by atoms with van der Waals surface area (Å²) in [6.07, 6.45) is 5.88. The van der Waals surface area contributed by atoms with Crippen molar-refractivity contribution in [1.82, 2.24) is 9.97 Å². The average Bonchev–Trinajstić information content (AvgIpc) is 2.40. The minimum Gasteiger partial charge on any atom is -0.393 e. The summed E-state index contributed by atoms with van der Waals surface area (Å²) in [7, 11) is 0. The van der Waals surface area contributed by atoms with Crippen LogP contribution in [0.2, 0.25) is 0 Å². The minimum absolute atomic E-state index is 0.121. The fraction of sp³-hybridized carbons (Fsp3) is 0.714. The lowest BCUT2D eigenvalue weighted by atomic mass is 9.87. The molecule has 19 heavy (non-hydrogen) atoms. The Labute approximate surface area is 114 Å². The topological polar surface area (TPSA) is 70.1 Å². The van der Waals surface area contributed by atoms with Gasteiger partial charge in [-0.1, -0.05) is 6.42 Å². The zero-order valence-corrected chi connectivity index (χ0v) is 11.8. The number of nitrogens with zero attached hydrogens (tertiary/aromatic N) is 2. The van der Waals surface area contributed by atoms with E-state index in [1.165, 1.54) is 6.42 Å². The van der Waals surface area contributed by atoms with Crippen molar-refractivity contribution in [3.05, 3.63) is 11.8 Å². The van der Waals surface area contributed by atoms with E-state index in [9.17, 15) is 5.11 Å². The van der Waals surface area contributed by atoms with Crippen LogP contribution in [0.15, 0.2) is 6.20 Å². The van der Waals surface area contributed by atoms with Crippen LogP contribution in [-0.2, 0) is 0 Å². The van der Waals surface area contributed by atoms with Gasteiger partial charge in [-0.15, -0.1) is 0 Å². The molecule has 0 aliphatic heterocycles. The molecule has 106 valence electrons. The molecule has 1 aliphatic carbocycles. The summed E-state index contributed by atoms with van der Waals surface area (Å²) in [5.41, 5.74) is 1.05. The van der Waals surface area contributed by atoms with Gasteiger partial charge in [0.05, 0.1) is 6.10 Å². The van der Waals surface area contributed by atoms with Gasteiger partial charge in [0, 0.05) is 24.8 Å². The van der Waals surface area contributed by atoms with Crippen LogP contribution in [0, 0.1) is 12.8 Å². The summed E-state index contributed by atoms with van der Waals surface area (Å²) >= 11 is 0. The standard InChI is InChI=1S/C14H24N4O/c1-3-15-14-17-8-10(2)13(18-14)16-9-11-5-4-6-12(19)7-11/h8,11-12,19H,3-7,9H2,1-2H3,(H2,15,16,17,18). The minimum atomic E-state index is -0.121. The van der Waals surface area contributed by atoms with E-state index in [-0.39, 0.29) is 6.10 Å². The van der Waals surface area contributed by atoms with Crippen LogP contribution in [0.4, 0.5) is 11.8 Å². The normalized spacial score (nSPS) is 23.1. The fourth-order valence-electron chi connectivity index (χ4n) is 2.55. The van der Waals surface area contributed by atoms with Gasteiger partial charge >= 0.3 is 0 Å². The van der Waals surface area contributed by atoms with Gasteiger partial charge in [0.2, 0.25) is 5.95 Å². The van der Waals surface area contributed by atoms with E-state index in [0.29, 0.717) is 11.9 Å². The third kappa shape index (κ3) is 4.06. The van der Waals surface area contributed by atoms with Crippen molar-refractivity contribution in [2.45, 2.75) is 45.6 Å². The molecule has 5 heteroatoms.